The number of aromatic amines is 1. The van der Waals surface area contributed by atoms with E-state index in [1.54, 1.807) is 0 Å². The summed E-state index contributed by atoms with van der Waals surface area (Å²) in [5, 5.41) is 7.37. The van der Waals surface area contributed by atoms with Gasteiger partial charge in [-0.25, -0.2) is 0 Å². The molecular weight excluding hydrogens is 257 g/mol. The minimum atomic E-state index is -4.34. The van der Waals surface area contributed by atoms with Gasteiger partial charge in [-0.05, 0) is 37.5 Å². The summed E-state index contributed by atoms with van der Waals surface area (Å²) in [5.74, 6) is 0. The quantitative estimate of drug-likeness (QED) is 0.855. The second-order valence-corrected chi connectivity index (χ2v) is 4.72. The molecule has 0 aliphatic carbocycles. The molecule has 2 heterocycles. The molecule has 1 aliphatic heterocycles. The molecule has 3 rings (SSSR count). The molecule has 0 radical (unpaired) electrons. The first-order chi connectivity index (χ1) is 9.05. The average molecular weight is 270 g/mol. The van der Waals surface area contributed by atoms with E-state index in [9.17, 15) is 13.2 Å². The molecule has 1 aromatic heterocycles. The summed E-state index contributed by atoms with van der Waals surface area (Å²) in [7, 11) is 0. The molecule has 1 unspecified atom stereocenters. The van der Waals surface area contributed by atoms with Gasteiger partial charge < -0.3 is 4.74 Å². The molecule has 0 bridgehead atoms. The van der Waals surface area contributed by atoms with Gasteiger partial charge in [0.05, 0.1) is 22.9 Å². The van der Waals surface area contributed by atoms with Crippen LogP contribution in [0.3, 0.4) is 0 Å². The molecule has 1 fully saturated rings. The molecule has 0 spiro atoms. The molecule has 1 N–H and O–H groups in total. The summed E-state index contributed by atoms with van der Waals surface area (Å²) in [6.45, 7) is 0.643. The monoisotopic (exact) mass is 270 g/mol. The highest BCUT2D eigenvalue weighted by molar-refractivity contribution is 5.82. The van der Waals surface area contributed by atoms with E-state index in [4.69, 9.17) is 4.74 Å². The predicted molar refractivity (Wildman–Crippen MR) is 63.6 cm³/mol. The summed E-state index contributed by atoms with van der Waals surface area (Å²) < 4.78 is 43.8. The Morgan fingerprint density at radius 1 is 1.26 bits per heavy atom. The topological polar surface area (TPSA) is 37.9 Å². The van der Waals surface area contributed by atoms with Crippen LogP contribution in [0.25, 0.3) is 10.9 Å². The molecule has 0 amide bonds. The Kier molecular flexibility index (Phi) is 2.97. The Morgan fingerprint density at radius 3 is 2.79 bits per heavy atom. The summed E-state index contributed by atoms with van der Waals surface area (Å²) in [6, 6.07) is 3.59. The SMILES string of the molecule is FC(F)(F)c1ccc2n[nH]c(C3CCCCO3)c2c1. The standard InChI is InChI=1S/C13H13F3N2O/c14-13(15,16)8-4-5-10-9(7-8)12(18-17-10)11-3-1-2-6-19-11/h4-5,7,11H,1-3,6H2,(H,17,18). The van der Waals surface area contributed by atoms with Crippen LogP contribution in [0.4, 0.5) is 13.2 Å². The normalized spacial score (nSPS) is 20.9. The molecule has 3 nitrogen and oxygen atoms in total. The average Bonchev–Trinajstić information content (AvgIpc) is 2.81. The highest BCUT2D eigenvalue weighted by Gasteiger charge is 2.31. The second-order valence-electron chi connectivity index (χ2n) is 4.72. The molecule has 1 saturated heterocycles. The first-order valence-electron chi connectivity index (χ1n) is 6.22. The van der Waals surface area contributed by atoms with E-state index >= 15 is 0 Å². The fourth-order valence-electron chi connectivity index (χ4n) is 2.42. The number of hydrogen-bond donors (Lipinski definition) is 1. The van der Waals surface area contributed by atoms with Gasteiger partial charge in [-0.3, -0.25) is 5.10 Å². The minimum absolute atomic E-state index is 0.178. The van der Waals surface area contributed by atoms with Crippen molar-refractivity contribution in [1.29, 1.82) is 0 Å². The smallest absolute Gasteiger partial charge is 0.372 e. The molecule has 1 aliphatic rings. The summed E-state index contributed by atoms with van der Waals surface area (Å²) >= 11 is 0. The Bertz CT molecular complexity index is 585. The Hall–Kier alpha value is -1.56. The van der Waals surface area contributed by atoms with Crippen LogP contribution >= 0.6 is 0 Å². The maximum absolute atomic E-state index is 12.7. The van der Waals surface area contributed by atoms with Crippen LogP contribution < -0.4 is 0 Å². The number of nitrogens with zero attached hydrogens (tertiary/aromatic N) is 1. The van der Waals surface area contributed by atoms with Crippen molar-refractivity contribution >= 4 is 10.9 Å². The minimum Gasteiger partial charge on any atom is -0.372 e. The number of rotatable bonds is 1. The van der Waals surface area contributed by atoms with Crippen molar-refractivity contribution in [3.63, 3.8) is 0 Å². The Balaban J connectivity index is 2.05. The van der Waals surface area contributed by atoms with E-state index in [1.807, 2.05) is 0 Å². The van der Waals surface area contributed by atoms with Gasteiger partial charge in [0, 0.05) is 12.0 Å². The van der Waals surface area contributed by atoms with E-state index < -0.39 is 11.7 Å². The predicted octanol–water partition coefficient (Wildman–Crippen LogP) is 3.82. The Labute approximate surface area is 107 Å². The van der Waals surface area contributed by atoms with Crippen LogP contribution in [0, 0.1) is 0 Å². The molecule has 0 saturated carbocycles. The van der Waals surface area contributed by atoms with Gasteiger partial charge in [0.1, 0.15) is 0 Å². The zero-order valence-corrected chi connectivity index (χ0v) is 10.1. The number of hydrogen-bond acceptors (Lipinski definition) is 2. The first kappa shape index (κ1) is 12.5. The lowest BCUT2D eigenvalue weighted by atomic mass is 10.0. The lowest BCUT2D eigenvalue weighted by Gasteiger charge is -2.21. The highest BCUT2D eigenvalue weighted by atomic mass is 19.4. The van der Waals surface area contributed by atoms with Crippen molar-refractivity contribution in [3.05, 3.63) is 29.5 Å². The lowest BCUT2D eigenvalue weighted by Crippen LogP contribution is -2.12. The van der Waals surface area contributed by atoms with Crippen molar-refractivity contribution in [2.45, 2.75) is 31.5 Å². The second kappa shape index (κ2) is 4.52. The van der Waals surface area contributed by atoms with E-state index in [2.05, 4.69) is 10.2 Å². The number of benzene rings is 1. The number of halogens is 3. The van der Waals surface area contributed by atoms with E-state index in [-0.39, 0.29) is 6.10 Å². The number of aromatic nitrogens is 2. The van der Waals surface area contributed by atoms with Gasteiger partial charge in [0.15, 0.2) is 0 Å². The van der Waals surface area contributed by atoms with Gasteiger partial charge in [0.25, 0.3) is 0 Å². The molecule has 1 atom stereocenters. The third-order valence-electron chi connectivity index (χ3n) is 3.41. The summed E-state index contributed by atoms with van der Waals surface area (Å²) in [4.78, 5) is 0. The van der Waals surface area contributed by atoms with Crippen LogP contribution in [-0.2, 0) is 10.9 Å². The Morgan fingerprint density at radius 2 is 2.11 bits per heavy atom. The largest absolute Gasteiger partial charge is 0.416 e. The number of alkyl halides is 3. The van der Waals surface area contributed by atoms with E-state index in [0.717, 1.165) is 31.4 Å². The molecule has 1 aromatic carbocycles. The summed E-state index contributed by atoms with van der Waals surface area (Å²) in [6.07, 6.45) is -1.69. The van der Waals surface area contributed by atoms with Crippen molar-refractivity contribution in [2.75, 3.05) is 6.61 Å². The fourth-order valence-corrected chi connectivity index (χ4v) is 2.42. The van der Waals surface area contributed by atoms with Crippen LogP contribution in [-0.4, -0.2) is 16.8 Å². The van der Waals surface area contributed by atoms with Crippen LogP contribution in [0.2, 0.25) is 0 Å². The maximum Gasteiger partial charge on any atom is 0.416 e. The lowest BCUT2D eigenvalue weighted by molar-refractivity contribution is -0.137. The zero-order valence-electron chi connectivity index (χ0n) is 10.1. The molecule has 6 heteroatoms. The van der Waals surface area contributed by atoms with Crippen molar-refractivity contribution in [1.82, 2.24) is 10.2 Å². The number of ether oxygens (including phenoxy) is 1. The van der Waals surface area contributed by atoms with Crippen LogP contribution in [0.1, 0.15) is 36.6 Å². The van der Waals surface area contributed by atoms with Gasteiger partial charge >= 0.3 is 6.18 Å². The molecule has 102 valence electrons. The molecule has 2 aromatic rings. The van der Waals surface area contributed by atoms with E-state index in [0.29, 0.717) is 23.2 Å². The third-order valence-corrected chi connectivity index (χ3v) is 3.41. The highest BCUT2D eigenvalue weighted by Crippen LogP contribution is 2.35. The number of H-pyrrole nitrogens is 1. The molecular formula is C13H13F3N2O. The van der Waals surface area contributed by atoms with Gasteiger partial charge in [0.2, 0.25) is 0 Å². The van der Waals surface area contributed by atoms with Crippen LogP contribution in [0.15, 0.2) is 18.2 Å². The number of nitrogens with one attached hydrogen (secondary N) is 1. The van der Waals surface area contributed by atoms with E-state index in [1.165, 1.54) is 6.07 Å². The third kappa shape index (κ3) is 2.32. The zero-order chi connectivity index (χ0) is 13.5. The van der Waals surface area contributed by atoms with Gasteiger partial charge in [-0.15, -0.1) is 0 Å². The van der Waals surface area contributed by atoms with Gasteiger partial charge in [-0.2, -0.15) is 18.3 Å². The fraction of sp³-hybridized carbons (Fsp3) is 0.462. The van der Waals surface area contributed by atoms with Crippen molar-refractivity contribution in [3.8, 4) is 0 Å². The van der Waals surface area contributed by atoms with Crippen LogP contribution in [0.5, 0.6) is 0 Å². The van der Waals surface area contributed by atoms with Crippen molar-refractivity contribution in [2.24, 2.45) is 0 Å². The van der Waals surface area contributed by atoms with Gasteiger partial charge in [-0.1, -0.05) is 0 Å². The first-order valence-corrected chi connectivity index (χ1v) is 6.22. The maximum atomic E-state index is 12.7. The van der Waals surface area contributed by atoms with Crippen molar-refractivity contribution < 1.29 is 17.9 Å². The summed E-state index contributed by atoms with van der Waals surface area (Å²) in [5.41, 5.74) is 0.538. The molecule has 19 heavy (non-hydrogen) atoms. The number of fused-ring (bicyclic) bond motifs is 1.